The molecule has 0 N–H and O–H groups in total. The smallest absolute Gasteiger partial charge is 0.298 e. The third-order valence-electron chi connectivity index (χ3n) is 2.52. The Labute approximate surface area is 108 Å². The van der Waals surface area contributed by atoms with E-state index in [1.807, 2.05) is 18.2 Å². The minimum absolute atomic E-state index is 0.414. The molecule has 0 bridgehead atoms. The van der Waals surface area contributed by atoms with E-state index in [9.17, 15) is 4.79 Å². The second kappa shape index (κ2) is 7.54. The maximum Gasteiger partial charge on any atom is 0.298 e. The van der Waals surface area contributed by atoms with Crippen LogP contribution in [0, 0.1) is 5.92 Å². The summed E-state index contributed by atoms with van der Waals surface area (Å²) in [6.07, 6.45) is 3.56. The minimum Gasteiger partial charge on any atom is -0.490 e. The van der Waals surface area contributed by atoms with E-state index in [-0.39, 0.29) is 0 Å². The average Bonchev–Trinajstić information content (AvgIpc) is 2.32. The van der Waals surface area contributed by atoms with Crippen LogP contribution in [-0.4, -0.2) is 13.1 Å². The fraction of sp³-hybridized carbons (Fsp3) is 0.400. The van der Waals surface area contributed by atoms with Crippen LogP contribution in [0.15, 0.2) is 30.9 Å². The first-order valence-electron chi connectivity index (χ1n) is 6.14. The molecule has 0 heterocycles. The van der Waals surface area contributed by atoms with Gasteiger partial charge in [-0.3, -0.25) is 4.79 Å². The first-order chi connectivity index (χ1) is 8.67. The van der Waals surface area contributed by atoms with Crippen molar-refractivity contribution in [1.82, 2.24) is 0 Å². The highest BCUT2D eigenvalue weighted by molar-refractivity contribution is 5.52. The maximum atomic E-state index is 10.4. The van der Waals surface area contributed by atoms with Gasteiger partial charge in [0.25, 0.3) is 6.47 Å². The lowest BCUT2D eigenvalue weighted by atomic mass is 10.1. The highest BCUT2D eigenvalue weighted by Gasteiger charge is 2.07. The molecular weight excluding hydrogens is 228 g/mol. The standard InChI is InChI=1S/C15H20O3/c1-4-5-13-6-7-14(18-11-16)15(10-13)17-9-8-12(2)3/h4,6-7,10-12H,1,5,8-9H2,2-3H3. The second-order valence-electron chi connectivity index (χ2n) is 4.52. The van der Waals surface area contributed by atoms with Crippen molar-refractivity contribution >= 4 is 6.47 Å². The molecule has 0 spiro atoms. The Bertz CT molecular complexity index is 397. The van der Waals surface area contributed by atoms with E-state index in [1.54, 1.807) is 6.07 Å². The summed E-state index contributed by atoms with van der Waals surface area (Å²) in [5.74, 6) is 1.65. The Hall–Kier alpha value is -1.77. The van der Waals surface area contributed by atoms with Gasteiger partial charge in [-0.1, -0.05) is 26.0 Å². The summed E-state index contributed by atoms with van der Waals surface area (Å²) in [6.45, 7) is 9.01. The first kappa shape index (κ1) is 14.3. The van der Waals surface area contributed by atoms with Gasteiger partial charge in [-0.15, -0.1) is 6.58 Å². The number of rotatable bonds is 8. The molecule has 1 aromatic carbocycles. The number of hydrogen-bond acceptors (Lipinski definition) is 3. The van der Waals surface area contributed by atoms with Crippen molar-refractivity contribution in [2.45, 2.75) is 26.7 Å². The molecule has 3 nitrogen and oxygen atoms in total. The zero-order chi connectivity index (χ0) is 13.4. The molecule has 0 radical (unpaired) electrons. The van der Waals surface area contributed by atoms with Crippen molar-refractivity contribution in [2.24, 2.45) is 5.92 Å². The van der Waals surface area contributed by atoms with Crippen molar-refractivity contribution in [3.05, 3.63) is 36.4 Å². The van der Waals surface area contributed by atoms with Crippen molar-refractivity contribution in [2.75, 3.05) is 6.61 Å². The van der Waals surface area contributed by atoms with Crippen LogP contribution in [0.5, 0.6) is 11.5 Å². The van der Waals surface area contributed by atoms with Crippen LogP contribution in [0.3, 0.4) is 0 Å². The highest BCUT2D eigenvalue weighted by Crippen LogP contribution is 2.28. The zero-order valence-corrected chi connectivity index (χ0v) is 11.0. The van der Waals surface area contributed by atoms with Gasteiger partial charge < -0.3 is 9.47 Å². The van der Waals surface area contributed by atoms with Crippen molar-refractivity contribution in [3.63, 3.8) is 0 Å². The lowest BCUT2D eigenvalue weighted by molar-refractivity contribution is -0.120. The Kier molecular flexibility index (Phi) is 5.98. The molecule has 0 aromatic heterocycles. The molecule has 1 rings (SSSR count). The predicted octanol–water partition coefficient (Wildman–Crippen LogP) is 3.38. The van der Waals surface area contributed by atoms with E-state index in [2.05, 4.69) is 20.4 Å². The molecule has 18 heavy (non-hydrogen) atoms. The lowest BCUT2D eigenvalue weighted by Gasteiger charge is -2.12. The molecule has 98 valence electrons. The largest absolute Gasteiger partial charge is 0.490 e. The van der Waals surface area contributed by atoms with Crippen LogP contribution in [0.4, 0.5) is 0 Å². The summed E-state index contributed by atoms with van der Waals surface area (Å²) in [4.78, 5) is 10.4. The van der Waals surface area contributed by atoms with Gasteiger partial charge >= 0.3 is 0 Å². The molecule has 3 heteroatoms. The second-order valence-corrected chi connectivity index (χ2v) is 4.52. The molecule has 0 saturated heterocycles. The minimum atomic E-state index is 0.414. The van der Waals surface area contributed by atoms with Crippen LogP contribution >= 0.6 is 0 Å². The van der Waals surface area contributed by atoms with Gasteiger partial charge in [-0.2, -0.15) is 0 Å². The van der Waals surface area contributed by atoms with E-state index in [1.165, 1.54) is 0 Å². The molecular formula is C15H20O3. The predicted molar refractivity (Wildman–Crippen MR) is 72.0 cm³/mol. The summed E-state index contributed by atoms with van der Waals surface area (Å²) >= 11 is 0. The normalized spacial score (nSPS) is 10.2. The number of allylic oxidation sites excluding steroid dienone is 1. The average molecular weight is 248 g/mol. The summed E-state index contributed by atoms with van der Waals surface area (Å²) in [7, 11) is 0. The molecule has 0 amide bonds. The molecule has 1 aromatic rings. The monoisotopic (exact) mass is 248 g/mol. The van der Waals surface area contributed by atoms with Gasteiger partial charge in [-0.05, 0) is 36.5 Å². The summed E-state index contributed by atoms with van der Waals surface area (Å²) < 4.78 is 10.6. The fourth-order valence-corrected chi connectivity index (χ4v) is 1.51. The SMILES string of the molecule is C=CCc1ccc(OC=O)c(OCCC(C)C)c1. The summed E-state index contributed by atoms with van der Waals surface area (Å²) in [6, 6.07) is 5.54. The van der Waals surface area contributed by atoms with Gasteiger partial charge in [0.05, 0.1) is 6.61 Å². The Morgan fingerprint density at radius 2 is 2.11 bits per heavy atom. The van der Waals surface area contributed by atoms with Crippen LogP contribution < -0.4 is 9.47 Å². The maximum absolute atomic E-state index is 10.4. The lowest BCUT2D eigenvalue weighted by Crippen LogP contribution is -2.03. The molecule has 0 fully saturated rings. The number of carbonyl (C=O) groups is 1. The van der Waals surface area contributed by atoms with Crippen LogP contribution in [0.1, 0.15) is 25.8 Å². The first-order valence-corrected chi connectivity index (χ1v) is 6.14. The van der Waals surface area contributed by atoms with Gasteiger partial charge in [0.15, 0.2) is 11.5 Å². The molecule has 0 saturated carbocycles. The molecule has 0 unspecified atom stereocenters. The van der Waals surface area contributed by atoms with E-state index < -0.39 is 0 Å². The van der Waals surface area contributed by atoms with Crippen molar-refractivity contribution in [1.29, 1.82) is 0 Å². The van der Waals surface area contributed by atoms with Crippen LogP contribution in [0.2, 0.25) is 0 Å². The molecule has 0 atom stereocenters. The van der Waals surface area contributed by atoms with Gasteiger partial charge in [0.2, 0.25) is 0 Å². The van der Waals surface area contributed by atoms with Crippen LogP contribution in [-0.2, 0) is 11.2 Å². The van der Waals surface area contributed by atoms with Crippen molar-refractivity contribution < 1.29 is 14.3 Å². The topological polar surface area (TPSA) is 35.5 Å². The summed E-state index contributed by atoms with van der Waals surface area (Å²) in [5, 5.41) is 0. The van der Waals surface area contributed by atoms with E-state index >= 15 is 0 Å². The van der Waals surface area contributed by atoms with E-state index in [4.69, 9.17) is 9.47 Å². The van der Waals surface area contributed by atoms with Gasteiger partial charge in [0.1, 0.15) is 0 Å². The van der Waals surface area contributed by atoms with E-state index in [0.717, 1.165) is 18.4 Å². The van der Waals surface area contributed by atoms with E-state index in [0.29, 0.717) is 30.5 Å². The fourth-order valence-electron chi connectivity index (χ4n) is 1.51. The Morgan fingerprint density at radius 3 is 2.72 bits per heavy atom. The number of carbonyl (C=O) groups excluding carboxylic acids is 1. The Balaban J connectivity index is 2.78. The van der Waals surface area contributed by atoms with Gasteiger partial charge in [-0.25, -0.2) is 0 Å². The molecule has 0 aliphatic rings. The quantitative estimate of drug-likeness (QED) is 0.522. The molecule has 0 aliphatic heterocycles. The summed E-state index contributed by atoms with van der Waals surface area (Å²) in [5.41, 5.74) is 1.09. The highest BCUT2D eigenvalue weighted by atomic mass is 16.5. The van der Waals surface area contributed by atoms with Crippen LogP contribution in [0.25, 0.3) is 0 Å². The van der Waals surface area contributed by atoms with Crippen molar-refractivity contribution in [3.8, 4) is 11.5 Å². The number of benzene rings is 1. The third-order valence-corrected chi connectivity index (χ3v) is 2.52. The number of ether oxygens (including phenoxy) is 2. The molecule has 0 aliphatic carbocycles. The van der Waals surface area contributed by atoms with Gasteiger partial charge in [0, 0.05) is 0 Å². The third kappa shape index (κ3) is 4.62. The zero-order valence-electron chi connectivity index (χ0n) is 11.0. The number of hydrogen-bond donors (Lipinski definition) is 0. The Morgan fingerprint density at radius 1 is 1.33 bits per heavy atom.